The van der Waals surface area contributed by atoms with Crippen molar-refractivity contribution in [2.75, 3.05) is 44.3 Å². The highest BCUT2D eigenvalue weighted by atomic mass is 35.5. The zero-order valence-corrected chi connectivity index (χ0v) is 21.1. The summed E-state index contributed by atoms with van der Waals surface area (Å²) >= 11 is 12.6. The van der Waals surface area contributed by atoms with Gasteiger partial charge in [-0.15, -0.1) is 0 Å². The maximum atomic E-state index is 12.8. The van der Waals surface area contributed by atoms with Crippen LogP contribution in [0.25, 0.3) is 0 Å². The van der Waals surface area contributed by atoms with Gasteiger partial charge >= 0.3 is 0 Å². The molecule has 0 unspecified atom stereocenters. The van der Waals surface area contributed by atoms with E-state index in [1.54, 1.807) is 6.07 Å². The Bertz CT molecular complexity index is 1000. The van der Waals surface area contributed by atoms with Crippen molar-refractivity contribution < 1.29 is 9.53 Å². The SMILES string of the molecule is CC[C@H](C)c1nc(C)c(Cc2ccc(Cl)cc2Cl)c(N2CCN(C(=O)[C@@H]3CCOC3)CC2)n1. The molecule has 2 saturated heterocycles. The molecule has 2 aliphatic rings. The predicted molar refractivity (Wildman–Crippen MR) is 132 cm³/mol. The van der Waals surface area contributed by atoms with Crippen LogP contribution in [0, 0.1) is 12.8 Å². The first-order valence-corrected chi connectivity index (χ1v) is 12.6. The lowest BCUT2D eigenvalue weighted by Crippen LogP contribution is -2.51. The number of carbonyl (C=O) groups excluding carboxylic acids is 1. The van der Waals surface area contributed by atoms with E-state index < -0.39 is 0 Å². The third-order valence-electron chi connectivity index (χ3n) is 6.81. The number of hydrogen-bond acceptors (Lipinski definition) is 5. The zero-order chi connectivity index (χ0) is 23.5. The molecule has 0 aliphatic carbocycles. The van der Waals surface area contributed by atoms with Crippen molar-refractivity contribution in [2.24, 2.45) is 5.92 Å². The molecule has 0 bridgehead atoms. The number of ether oxygens (including phenoxy) is 1. The van der Waals surface area contributed by atoms with Crippen molar-refractivity contribution in [1.82, 2.24) is 14.9 Å². The number of aromatic nitrogens is 2. The molecule has 33 heavy (non-hydrogen) atoms. The molecule has 178 valence electrons. The van der Waals surface area contributed by atoms with Crippen LogP contribution in [0.3, 0.4) is 0 Å². The molecule has 8 heteroatoms. The van der Waals surface area contributed by atoms with Gasteiger partial charge in [0.1, 0.15) is 11.6 Å². The number of piperazine rings is 1. The standard InChI is InChI=1S/C25H32Cl2N4O2/c1-4-16(2)23-28-17(3)21(13-18-5-6-20(26)14-22(18)27)24(29-23)30-8-10-31(11-9-30)25(32)19-7-12-33-15-19/h5-6,14,16,19H,4,7-13,15H2,1-3H3/t16-,19+/m0/s1. The summed E-state index contributed by atoms with van der Waals surface area (Å²) < 4.78 is 5.41. The maximum Gasteiger partial charge on any atom is 0.228 e. The number of carbonyl (C=O) groups is 1. The van der Waals surface area contributed by atoms with Gasteiger partial charge in [-0.2, -0.15) is 0 Å². The third-order valence-corrected chi connectivity index (χ3v) is 7.40. The second kappa shape index (κ2) is 10.6. The van der Waals surface area contributed by atoms with Crippen molar-refractivity contribution in [2.45, 2.75) is 46.0 Å². The van der Waals surface area contributed by atoms with E-state index in [4.69, 9.17) is 37.9 Å². The third kappa shape index (κ3) is 5.44. The fraction of sp³-hybridized carbons (Fsp3) is 0.560. The van der Waals surface area contributed by atoms with Gasteiger partial charge in [-0.3, -0.25) is 4.79 Å². The number of nitrogens with zero attached hydrogens (tertiary/aromatic N) is 4. The molecule has 0 radical (unpaired) electrons. The first-order valence-electron chi connectivity index (χ1n) is 11.8. The number of anilines is 1. The van der Waals surface area contributed by atoms with E-state index in [9.17, 15) is 4.79 Å². The molecule has 1 aromatic carbocycles. The molecule has 0 saturated carbocycles. The fourth-order valence-corrected chi connectivity index (χ4v) is 4.93. The monoisotopic (exact) mass is 490 g/mol. The number of hydrogen-bond donors (Lipinski definition) is 0. The highest BCUT2D eigenvalue weighted by Gasteiger charge is 2.31. The minimum absolute atomic E-state index is 0.0115. The number of amides is 1. The number of aryl methyl sites for hydroxylation is 1. The van der Waals surface area contributed by atoms with Crippen molar-refractivity contribution in [3.63, 3.8) is 0 Å². The molecule has 2 aliphatic heterocycles. The highest BCUT2D eigenvalue weighted by Crippen LogP contribution is 2.31. The van der Waals surface area contributed by atoms with Crippen molar-refractivity contribution in [3.8, 4) is 0 Å². The molecule has 2 atom stereocenters. The Morgan fingerprint density at radius 2 is 1.97 bits per heavy atom. The molecule has 2 aromatic rings. The van der Waals surface area contributed by atoms with Gasteiger partial charge < -0.3 is 14.5 Å². The minimum Gasteiger partial charge on any atom is -0.381 e. The zero-order valence-electron chi connectivity index (χ0n) is 19.6. The fourth-order valence-electron chi connectivity index (χ4n) is 4.46. The lowest BCUT2D eigenvalue weighted by atomic mass is 10.0. The molecule has 1 amide bonds. The van der Waals surface area contributed by atoms with E-state index in [2.05, 4.69) is 25.7 Å². The summed E-state index contributed by atoms with van der Waals surface area (Å²) in [6.07, 6.45) is 2.44. The van der Waals surface area contributed by atoms with Gasteiger partial charge in [0, 0.05) is 66.4 Å². The summed E-state index contributed by atoms with van der Waals surface area (Å²) in [5, 5.41) is 1.27. The van der Waals surface area contributed by atoms with Gasteiger partial charge in [-0.05, 0) is 37.5 Å². The smallest absolute Gasteiger partial charge is 0.228 e. The summed E-state index contributed by atoms with van der Waals surface area (Å²) in [5.41, 5.74) is 3.05. The van der Waals surface area contributed by atoms with E-state index in [1.165, 1.54) is 0 Å². The Hall–Kier alpha value is -1.89. The highest BCUT2D eigenvalue weighted by molar-refractivity contribution is 6.35. The van der Waals surface area contributed by atoms with Crippen LogP contribution < -0.4 is 4.90 Å². The summed E-state index contributed by atoms with van der Waals surface area (Å²) in [6, 6.07) is 5.61. The normalized spacial score (nSPS) is 19.7. The van der Waals surface area contributed by atoms with Crippen LogP contribution >= 0.6 is 23.2 Å². The summed E-state index contributed by atoms with van der Waals surface area (Å²) in [4.78, 5) is 27.0. The number of rotatable bonds is 6. The predicted octanol–water partition coefficient (Wildman–Crippen LogP) is 4.88. The van der Waals surface area contributed by atoms with Crippen molar-refractivity contribution >= 4 is 34.9 Å². The Balaban J connectivity index is 1.60. The number of benzene rings is 1. The topological polar surface area (TPSA) is 58.6 Å². The minimum atomic E-state index is 0.0115. The molecule has 1 aromatic heterocycles. The van der Waals surface area contributed by atoms with E-state index in [0.717, 1.165) is 54.4 Å². The second-order valence-corrected chi connectivity index (χ2v) is 9.91. The van der Waals surface area contributed by atoms with Crippen molar-refractivity contribution in [3.05, 3.63) is 50.9 Å². The Kier molecular flexibility index (Phi) is 7.77. The molecule has 4 rings (SSSR count). The molecule has 0 N–H and O–H groups in total. The Morgan fingerprint density at radius 3 is 2.61 bits per heavy atom. The number of halogens is 2. The van der Waals surface area contributed by atoms with Crippen LogP contribution in [0.5, 0.6) is 0 Å². The van der Waals surface area contributed by atoms with Crippen LogP contribution in [0.15, 0.2) is 18.2 Å². The van der Waals surface area contributed by atoms with Crippen LogP contribution in [-0.2, 0) is 16.0 Å². The van der Waals surface area contributed by atoms with Crippen LogP contribution in [0.2, 0.25) is 10.0 Å². The molecule has 3 heterocycles. The van der Waals surface area contributed by atoms with Gasteiger partial charge in [0.05, 0.1) is 12.5 Å². The lowest BCUT2D eigenvalue weighted by molar-refractivity contribution is -0.135. The first kappa shape index (κ1) is 24.2. The van der Waals surface area contributed by atoms with Gasteiger partial charge in [0.2, 0.25) is 5.91 Å². The van der Waals surface area contributed by atoms with Crippen molar-refractivity contribution in [1.29, 1.82) is 0 Å². The first-order chi connectivity index (χ1) is 15.9. The molecule has 2 fully saturated rings. The average Bonchev–Trinajstić information content (AvgIpc) is 3.36. The van der Waals surface area contributed by atoms with Gasteiger partial charge in [-0.25, -0.2) is 9.97 Å². The molecule has 6 nitrogen and oxygen atoms in total. The molecule has 0 spiro atoms. The molecular weight excluding hydrogens is 459 g/mol. The second-order valence-electron chi connectivity index (χ2n) is 9.06. The van der Waals surface area contributed by atoms with Gasteiger partial charge in [0.15, 0.2) is 0 Å². The Morgan fingerprint density at radius 1 is 1.21 bits per heavy atom. The van der Waals surface area contributed by atoms with Crippen LogP contribution in [-0.4, -0.2) is 60.2 Å². The van der Waals surface area contributed by atoms with Gasteiger partial charge in [-0.1, -0.05) is 43.1 Å². The van der Waals surface area contributed by atoms with E-state index in [0.29, 0.717) is 42.8 Å². The summed E-state index contributed by atoms with van der Waals surface area (Å²) in [6.45, 7) is 10.5. The van der Waals surface area contributed by atoms with E-state index in [-0.39, 0.29) is 17.7 Å². The summed E-state index contributed by atoms with van der Waals surface area (Å²) in [5.74, 6) is 2.34. The average molecular weight is 491 g/mol. The van der Waals surface area contributed by atoms with E-state index in [1.807, 2.05) is 17.0 Å². The largest absolute Gasteiger partial charge is 0.381 e. The quantitative estimate of drug-likeness (QED) is 0.577. The lowest BCUT2D eigenvalue weighted by Gasteiger charge is -2.37. The van der Waals surface area contributed by atoms with Gasteiger partial charge in [0.25, 0.3) is 0 Å². The maximum absolute atomic E-state index is 12.8. The molecular formula is C25H32Cl2N4O2. The van der Waals surface area contributed by atoms with Crippen LogP contribution in [0.1, 0.15) is 55.3 Å². The summed E-state index contributed by atoms with van der Waals surface area (Å²) in [7, 11) is 0. The Labute approximate surface area is 206 Å². The van der Waals surface area contributed by atoms with E-state index >= 15 is 0 Å². The van der Waals surface area contributed by atoms with Crippen LogP contribution in [0.4, 0.5) is 5.82 Å².